The summed E-state index contributed by atoms with van der Waals surface area (Å²) in [6.45, 7) is 5.65. The van der Waals surface area contributed by atoms with E-state index in [1.807, 2.05) is 6.20 Å². The Morgan fingerprint density at radius 1 is 1.28 bits per heavy atom. The highest BCUT2D eigenvalue weighted by atomic mass is 15.2. The number of imidazole rings is 1. The zero-order chi connectivity index (χ0) is 12.8. The Morgan fingerprint density at radius 3 is 2.67 bits per heavy atom. The molecule has 0 radical (unpaired) electrons. The van der Waals surface area contributed by atoms with Gasteiger partial charge in [0.15, 0.2) is 0 Å². The number of aromatic nitrogens is 2. The smallest absolute Gasteiger partial charge is 0.202 e. The van der Waals surface area contributed by atoms with Crippen LogP contribution in [0.15, 0.2) is 12.4 Å². The first-order chi connectivity index (χ1) is 8.83. The van der Waals surface area contributed by atoms with Gasteiger partial charge in [-0.15, -0.1) is 0 Å². The van der Waals surface area contributed by atoms with E-state index in [2.05, 4.69) is 34.9 Å². The lowest BCUT2D eigenvalue weighted by molar-refractivity contribution is 0.415. The van der Waals surface area contributed by atoms with Crippen molar-refractivity contribution in [3.63, 3.8) is 0 Å². The largest absolute Gasteiger partial charge is 0.353 e. The Labute approximate surface area is 111 Å². The van der Waals surface area contributed by atoms with Crippen molar-refractivity contribution in [2.75, 3.05) is 5.32 Å². The molecule has 2 rings (SSSR count). The van der Waals surface area contributed by atoms with Crippen LogP contribution in [0.5, 0.6) is 0 Å². The summed E-state index contributed by atoms with van der Waals surface area (Å²) >= 11 is 0. The maximum atomic E-state index is 4.48. The minimum Gasteiger partial charge on any atom is -0.353 e. The summed E-state index contributed by atoms with van der Waals surface area (Å²) in [6.07, 6.45) is 13.3. The van der Waals surface area contributed by atoms with Crippen molar-refractivity contribution in [3.8, 4) is 0 Å². The third-order valence-corrected chi connectivity index (χ3v) is 4.26. The van der Waals surface area contributed by atoms with E-state index in [4.69, 9.17) is 0 Å². The van der Waals surface area contributed by atoms with E-state index in [-0.39, 0.29) is 0 Å². The molecule has 0 atom stereocenters. The van der Waals surface area contributed by atoms with E-state index >= 15 is 0 Å². The predicted molar refractivity (Wildman–Crippen MR) is 76.8 cm³/mol. The molecular weight excluding hydrogens is 222 g/mol. The van der Waals surface area contributed by atoms with Crippen molar-refractivity contribution in [2.45, 2.75) is 71.4 Å². The van der Waals surface area contributed by atoms with Crippen molar-refractivity contribution >= 4 is 5.95 Å². The van der Waals surface area contributed by atoms with Crippen molar-refractivity contribution in [1.29, 1.82) is 0 Å². The minimum atomic E-state index is 0.640. The number of hydrogen-bond acceptors (Lipinski definition) is 2. The number of hydrogen-bond donors (Lipinski definition) is 1. The summed E-state index contributed by atoms with van der Waals surface area (Å²) in [6, 6.07) is 0.640. The van der Waals surface area contributed by atoms with Gasteiger partial charge < -0.3 is 9.88 Å². The molecule has 102 valence electrons. The van der Waals surface area contributed by atoms with Gasteiger partial charge in [-0.05, 0) is 18.8 Å². The summed E-state index contributed by atoms with van der Waals surface area (Å²) < 4.78 is 2.30. The van der Waals surface area contributed by atoms with Gasteiger partial charge in [-0.3, -0.25) is 0 Å². The van der Waals surface area contributed by atoms with Crippen LogP contribution in [0.1, 0.15) is 58.8 Å². The summed E-state index contributed by atoms with van der Waals surface area (Å²) in [5, 5.41) is 3.63. The monoisotopic (exact) mass is 249 g/mol. The Morgan fingerprint density at radius 2 is 2.00 bits per heavy atom. The van der Waals surface area contributed by atoms with Gasteiger partial charge in [0.05, 0.1) is 0 Å². The fourth-order valence-corrected chi connectivity index (χ4v) is 2.85. The Hall–Kier alpha value is -0.990. The lowest BCUT2D eigenvalue weighted by atomic mass is 9.96. The van der Waals surface area contributed by atoms with Gasteiger partial charge in [0.1, 0.15) is 0 Å². The van der Waals surface area contributed by atoms with Gasteiger partial charge in [-0.1, -0.05) is 46.0 Å². The van der Waals surface area contributed by atoms with E-state index in [1.54, 1.807) is 0 Å². The zero-order valence-corrected chi connectivity index (χ0v) is 11.9. The number of rotatable bonds is 6. The molecule has 3 nitrogen and oxygen atoms in total. The maximum absolute atomic E-state index is 4.48. The molecule has 1 fully saturated rings. The van der Waals surface area contributed by atoms with Gasteiger partial charge >= 0.3 is 0 Å². The summed E-state index contributed by atoms with van der Waals surface area (Å²) in [5.74, 6) is 1.85. The molecule has 0 aliphatic heterocycles. The average molecular weight is 249 g/mol. The molecule has 1 aromatic heterocycles. The lowest BCUT2D eigenvalue weighted by Crippen LogP contribution is -2.25. The molecule has 3 heteroatoms. The molecular formula is C15H27N3. The highest BCUT2D eigenvalue weighted by Gasteiger charge is 2.15. The van der Waals surface area contributed by atoms with Gasteiger partial charge in [0.25, 0.3) is 0 Å². The van der Waals surface area contributed by atoms with Gasteiger partial charge in [0, 0.05) is 25.0 Å². The fraction of sp³-hybridized carbons (Fsp3) is 0.800. The van der Waals surface area contributed by atoms with Crippen LogP contribution < -0.4 is 5.32 Å². The van der Waals surface area contributed by atoms with Crippen molar-refractivity contribution in [3.05, 3.63) is 12.4 Å². The Balaban J connectivity index is 1.93. The minimum absolute atomic E-state index is 0.640. The summed E-state index contributed by atoms with van der Waals surface area (Å²) in [5.41, 5.74) is 0. The molecule has 18 heavy (non-hydrogen) atoms. The molecule has 0 unspecified atom stereocenters. The molecule has 1 aromatic rings. The number of nitrogens with one attached hydrogen (secondary N) is 1. The third kappa shape index (κ3) is 3.50. The summed E-state index contributed by atoms with van der Waals surface area (Å²) in [4.78, 5) is 4.48. The molecule has 0 aromatic carbocycles. The number of nitrogens with zero attached hydrogens (tertiary/aromatic N) is 2. The van der Waals surface area contributed by atoms with E-state index in [0.29, 0.717) is 6.04 Å². The second-order valence-corrected chi connectivity index (χ2v) is 5.57. The van der Waals surface area contributed by atoms with E-state index in [1.165, 1.54) is 44.9 Å². The first kappa shape index (κ1) is 13.4. The second-order valence-electron chi connectivity index (χ2n) is 5.57. The van der Waals surface area contributed by atoms with Crippen LogP contribution in [-0.2, 0) is 6.54 Å². The first-order valence-electron chi connectivity index (χ1n) is 7.61. The molecule has 0 amide bonds. The van der Waals surface area contributed by atoms with Gasteiger partial charge in [0.2, 0.25) is 5.95 Å². The van der Waals surface area contributed by atoms with Crippen LogP contribution in [0.25, 0.3) is 0 Å². The topological polar surface area (TPSA) is 29.9 Å². The van der Waals surface area contributed by atoms with Crippen LogP contribution in [-0.4, -0.2) is 15.6 Å². The highest BCUT2D eigenvalue weighted by Crippen LogP contribution is 2.22. The fourth-order valence-electron chi connectivity index (χ4n) is 2.85. The first-order valence-corrected chi connectivity index (χ1v) is 7.61. The van der Waals surface area contributed by atoms with E-state index in [9.17, 15) is 0 Å². The standard InChI is InChI=1S/C15H27N3/c1-3-13(4-2)12-18-11-10-16-15(18)17-14-8-6-5-7-9-14/h10-11,13-14H,3-9,12H2,1-2H3,(H,16,17). The van der Waals surface area contributed by atoms with Gasteiger partial charge in [-0.25, -0.2) is 4.98 Å². The summed E-state index contributed by atoms with van der Waals surface area (Å²) in [7, 11) is 0. The second kappa shape index (κ2) is 6.81. The number of anilines is 1. The third-order valence-electron chi connectivity index (χ3n) is 4.26. The molecule has 1 aliphatic rings. The molecule has 0 saturated heterocycles. The van der Waals surface area contributed by atoms with Crippen LogP contribution in [0.2, 0.25) is 0 Å². The van der Waals surface area contributed by atoms with Crippen molar-refractivity contribution in [2.24, 2.45) is 5.92 Å². The van der Waals surface area contributed by atoms with E-state index < -0.39 is 0 Å². The van der Waals surface area contributed by atoms with Crippen LogP contribution in [0.4, 0.5) is 5.95 Å². The maximum Gasteiger partial charge on any atom is 0.202 e. The van der Waals surface area contributed by atoms with E-state index in [0.717, 1.165) is 18.4 Å². The van der Waals surface area contributed by atoms with Crippen LogP contribution in [0.3, 0.4) is 0 Å². The Bertz CT molecular complexity index is 335. The molecule has 1 heterocycles. The van der Waals surface area contributed by atoms with Gasteiger partial charge in [-0.2, -0.15) is 0 Å². The molecule has 0 bridgehead atoms. The van der Waals surface area contributed by atoms with Crippen molar-refractivity contribution in [1.82, 2.24) is 9.55 Å². The SMILES string of the molecule is CCC(CC)Cn1ccnc1NC1CCCCC1. The molecule has 1 saturated carbocycles. The molecule has 1 N–H and O–H groups in total. The van der Waals surface area contributed by atoms with Crippen molar-refractivity contribution < 1.29 is 0 Å². The lowest BCUT2D eigenvalue weighted by Gasteiger charge is -2.24. The molecule has 0 spiro atoms. The predicted octanol–water partition coefficient (Wildman–Crippen LogP) is 4.06. The highest BCUT2D eigenvalue weighted by molar-refractivity contribution is 5.27. The van der Waals surface area contributed by atoms with Crippen LogP contribution in [0, 0.1) is 5.92 Å². The quantitative estimate of drug-likeness (QED) is 0.824. The van der Waals surface area contributed by atoms with Crippen LogP contribution >= 0.6 is 0 Å². The zero-order valence-electron chi connectivity index (χ0n) is 11.9. The Kier molecular flexibility index (Phi) is 5.09. The normalized spacial score (nSPS) is 17.3. The average Bonchev–Trinajstić information content (AvgIpc) is 2.84. The molecule has 1 aliphatic carbocycles.